The Hall–Kier alpha value is -1.35. The minimum absolute atomic E-state index is 0.0272. The predicted molar refractivity (Wildman–Crippen MR) is 68.6 cm³/mol. The molecule has 21 heavy (non-hydrogen) atoms. The molecule has 1 unspecified atom stereocenters. The monoisotopic (exact) mass is 311 g/mol. The Labute approximate surface area is 121 Å². The number of halogens is 3. The number of nitrogens with one attached hydrogen (secondary N) is 1. The fourth-order valence-electron chi connectivity index (χ4n) is 1.80. The molecule has 0 aliphatic carbocycles. The van der Waals surface area contributed by atoms with Crippen molar-refractivity contribution >= 4 is 11.8 Å². The van der Waals surface area contributed by atoms with E-state index in [2.05, 4.69) is 0 Å². The van der Waals surface area contributed by atoms with Gasteiger partial charge >= 0.3 is 6.18 Å². The lowest BCUT2D eigenvalue weighted by Gasteiger charge is -2.30. The maximum atomic E-state index is 12.0. The average molecular weight is 311 g/mol. The SMILES string of the molecule is CC(C(=O)NCC(F)(F)F)N(C)CC(=O)N1CCOCC1. The third kappa shape index (κ3) is 6.30. The van der Waals surface area contributed by atoms with E-state index in [1.165, 1.54) is 18.9 Å². The van der Waals surface area contributed by atoms with Crippen LogP contribution in [0.2, 0.25) is 0 Å². The van der Waals surface area contributed by atoms with Crippen molar-refractivity contribution in [3.8, 4) is 0 Å². The van der Waals surface area contributed by atoms with Crippen LogP contribution in [-0.2, 0) is 14.3 Å². The summed E-state index contributed by atoms with van der Waals surface area (Å²) in [4.78, 5) is 26.6. The van der Waals surface area contributed by atoms with E-state index in [9.17, 15) is 22.8 Å². The van der Waals surface area contributed by atoms with Crippen molar-refractivity contribution < 1.29 is 27.5 Å². The molecule has 1 saturated heterocycles. The van der Waals surface area contributed by atoms with E-state index in [0.29, 0.717) is 26.3 Å². The van der Waals surface area contributed by atoms with Gasteiger partial charge in [0.25, 0.3) is 0 Å². The van der Waals surface area contributed by atoms with E-state index in [0.717, 1.165) is 0 Å². The van der Waals surface area contributed by atoms with E-state index in [1.54, 1.807) is 10.2 Å². The summed E-state index contributed by atoms with van der Waals surface area (Å²) in [7, 11) is 1.52. The molecule has 1 fully saturated rings. The van der Waals surface area contributed by atoms with Crippen LogP contribution >= 0.6 is 0 Å². The van der Waals surface area contributed by atoms with E-state index in [1.807, 2.05) is 0 Å². The minimum atomic E-state index is -4.45. The summed E-state index contributed by atoms with van der Waals surface area (Å²) in [5, 5.41) is 1.81. The standard InChI is InChI=1S/C12H20F3N3O3/c1-9(11(20)16-8-12(13,14)15)17(2)7-10(19)18-3-5-21-6-4-18/h9H,3-8H2,1-2H3,(H,16,20). The van der Waals surface area contributed by atoms with Crippen molar-refractivity contribution in [3.63, 3.8) is 0 Å². The van der Waals surface area contributed by atoms with E-state index in [4.69, 9.17) is 4.74 Å². The van der Waals surface area contributed by atoms with Crippen molar-refractivity contribution in [2.45, 2.75) is 19.1 Å². The number of alkyl halides is 3. The summed E-state index contributed by atoms with van der Waals surface area (Å²) < 4.78 is 41.2. The highest BCUT2D eigenvalue weighted by molar-refractivity contribution is 5.83. The van der Waals surface area contributed by atoms with E-state index < -0.39 is 24.7 Å². The molecular weight excluding hydrogens is 291 g/mol. The lowest BCUT2D eigenvalue weighted by molar-refractivity contribution is -0.143. The molecule has 9 heteroatoms. The molecule has 6 nitrogen and oxygen atoms in total. The molecule has 0 aromatic carbocycles. The fourth-order valence-corrected chi connectivity index (χ4v) is 1.80. The largest absolute Gasteiger partial charge is 0.405 e. The van der Waals surface area contributed by atoms with Crippen LogP contribution in [0.5, 0.6) is 0 Å². The molecule has 1 rings (SSSR count). The van der Waals surface area contributed by atoms with Crippen LogP contribution in [0.3, 0.4) is 0 Å². The molecule has 1 aliphatic heterocycles. The van der Waals surface area contributed by atoms with Crippen molar-refractivity contribution in [2.24, 2.45) is 0 Å². The number of amides is 2. The molecule has 1 aliphatic rings. The first kappa shape index (κ1) is 17.7. The Morgan fingerprint density at radius 1 is 1.33 bits per heavy atom. The van der Waals surface area contributed by atoms with E-state index in [-0.39, 0.29) is 12.5 Å². The van der Waals surface area contributed by atoms with Crippen LogP contribution in [0.1, 0.15) is 6.92 Å². The van der Waals surface area contributed by atoms with Gasteiger partial charge in [-0.1, -0.05) is 0 Å². The summed E-state index contributed by atoms with van der Waals surface area (Å²) in [5.74, 6) is -0.930. The molecule has 1 atom stereocenters. The van der Waals surface area contributed by atoms with Crippen LogP contribution in [0.4, 0.5) is 13.2 Å². The molecule has 0 bridgehead atoms. The number of morpholine rings is 1. The van der Waals surface area contributed by atoms with Crippen LogP contribution in [-0.4, -0.2) is 80.3 Å². The van der Waals surface area contributed by atoms with Gasteiger partial charge in [-0.15, -0.1) is 0 Å². The molecule has 0 radical (unpaired) electrons. The number of ether oxygens (including phenoxy) is 1. The van der Waals surface area contributed by atoms with Gasteiger partial charge < -0.3 is 15.0 Å². The van der Waals surface area contributed by atoms with Crippen LogP contribution in [0.25, 0.3) is 0 Å². The summed E-state index contributed by atoms with van der Waals surface area (Å²) in [6, 6.07) is -0.822. The third-order valence-corrected chi connectivity index (χ3v) is 3.25. The Balaban J connectivity index is 2.40. The molecule has 0 saturated carbocycles. The molecule has 2 amide bonds. The number of carbonyl (C=O) groups excluding carboxylic acids is 2. The zero-order valence-corrected chi connectivity index (χ0v) is 12.1. The Morgan fingerprint density at radius 2 is 1.90 bits per heavy atom. The smallest absolute Gasteiger partial charge is 0.378 e. The zero-order chi connectivity index (χ0) is 16.0. The second-order valence-electron chi connectivity index (χ2n) is 4.92. The quantitative estimate of drug-likeness (QED) is 0.767. The molecule has 122 valence electrons. The lowest BCUT2D eigenvalue weighted by atomic mass is 10.2. The van der Waals surface area contributed by atoms with Gasteiger partial charge in [0.2, 0.25) is 11.8 Å². The Kier molecular flexibility index (Phi) is 6.41. The topological polar surface area (TPSA) is 61.9 Å². The number of carbonyl (C=O) groups is 2. The highest BCUT2D eigenvalue weighted by atomic mass is 19.4. The fraction of sp³-hybridized carbons (Fsp3) is 0.833. The first-order chi connectivity index (χ1) is 9.70. The van der Waals surface area contributed by atoms with Crippen molar-refractivity contribution in [2.75, 3.05) is 46.4 Å². The average Bonchev–Trinajstić information content (AvgIpc) is 2.43. The van der Waals surface area contributed by atoms with Gasteiger partial charge in [0, 0.05) is 13.1 Å². The van der Waals surface area contributed by atoms with Crippen molar-refractivity contribution in [3.05, 3.63) is 0 Å². The molecule has 1 heterocycles. The van der Waals surface area contributed by atoms with Gasteiger partial charge in [0.1, 0.15) is 6.54 Å². The maximum Gasteiger partial charge on any atom is 0.405 e. The molecular formula is C12H20F3N3O3. The summed E-state index contributed by atoms with van der Waals surface area (Å²) >= 11 is 0. The number of nitrogens with zero attached hydrogens (tertiary/aromatic N) is 2. The minimum Gasteiger partial charge on any atom is -0.378 e. The van der Waals surface area contributed by atoms with E-state index >= 15 is 0 Å². The van der Waals surface area contributed by atoms with Gasteiger partial charge in [-0.3, -0.25) is 14.5 Å². The van der Waals surface area contributed by atoms with Crippen LogP contribution in [0, 0.1) is 0 Å². The maximum absolute atomic E-state index is 12.0. The normalized spacial score (nSPS) is 17.7. The third-order valence-electron chi connectivity index (χ3n) is 3.25. The molecule has 0 spiro atoms. The van der Waals surface area contributed by atoms with Gasteiger partial charge in [0.15, 0.2) is 0 Å². The highest BCUT2D eigenvalue weighted by Crippen LogP contribution is 2.12. The number of likely N-dealkylation sites (N-methyl/N-ethyl adjacent to an activating group) is 1. The molecule has 0 aromatic rings. The van der Waals surface area contributed by atoms with Gasteiger partial charge in [-0.05, 0) is 14.0 Å². The van der Waals surface area contributed by atoms with Gasteiger partial charge in [0.05, 0.1) is 25.8 Å². The number of hydrogen-bond donors (Lipinski definition) is 1. The molecule has 1 N–H and O–H groups in total. The lowest BCUT2D eigenvalue weighted by Crippen LogP contribution is -2.50. The van der Waals surface area contributed by atoms with Crippen molar-refractivity contribution in [1.29, 1.82) is 0 Å². The highest BCUT2D eigenvalue weighted by Gasteiger charge is 2.30. The van der Waals surface area contributed by atoms with Crippen LogP contribution in [0.15, 0.2) is 0 Å². The summed E-state index contributed by atoms with van der Waals surface area (Å²) in [6.45, 7) is 1.97. The van der Waals surface area contributed by atoms with Crippen LogP contribution < -0.4 is 5.32 Å². The predicted octanol–water partition coefficient (Wildman–Crippen LogP) is -0.156. The van der Waals surface area contributed by atoms with Gasteiger partial charge in [-0.25, -0.2) is 0 Å². The van der Waals surface area contributed by atoms with Crippen molar-refractivity contribution in [1.82, 2.24) is 15.1 Å². The number of hydrogen-bond acceptors (Lipinski definition) is 4. The Bertz CT molecular complexity index is 370. The van der Waals surface area contributed by atoms with Gasteiger partial charge in [-0.2, -0.15) is 13.2 Å². The zero-order valence-electron chi connectivity index (χ0n) is 12.1. The Morgan fingerprint density at radius 3 is 2.43 bits per heavy atom. The molecule has 0 aromatic heterocycles. The second kappa shape index (κ2) is 7.60. The first-order valence-corrected chi connectivity index (χ1v) is 6.61. The summed E-state index contributed by atoms with van der Waals surface area (Å²) in [5.41, 5.74) is 0. The summed E-state index contributed by atoms with van der Waals surface area (Å²) in [6.07, 6.45) is -4.45. The second-order valence-corrected chi connectivity index (χ2v) is 4.92. The number of rotatable bonds is 5. The first-order valence-electron chi connectivity index (χ1n) is 6.61.